The van der Waals surface area contributed by atoms with Crippen LogP contribution in [-0.4, -0.2) is 38.2 Å². The van der Waals surface area contributed by atoms with Crippen LogP contribution in [0.15, 0.2) is 18.2 Å². The Morgan fingerprint density at radius 1 is 1.18 bits per heavy atom. The highest BCUT2D eigenvalue weighted by Crippen LogP contribution is 2.42. The molecule has 1 aliphatic heterocycles. The molecule has 1 atom stereocenters. The molecule has 0 unspecified atom stereocenters. The van der Waals surface area contributed by atoms with Gasteiger partial charge in [0.15, 0.2) is 11.6 Å². The van der Waals surface area contributed by atoms with Gasteiger partial charge in [-0.15, -0.1) is 24.8 Å². The van der Waals surface area contributed by atoms with E-state index in [0.717, 1.165) is 31.7 Å². The van der Waals surface area contributed by atoms with E-state index < -0.39 is 0 Å². The van der Waals surface area contributed by atoms with Crippen molar-refractivity contribution in [2.24, 2.45) is 5.41 Å². The summed E-state index contributed by atoms with van der Waals surface area (Å²) in [6, 6.07) is 5.36. The zero-order valence-electron chi connectivity index (χ0n) is 13.7. The molecule has 6 heteroatoms. The summed E-state index contributed by atoms with van der Waals surface area (Å²) < 4.78 is 19.3. The van der Waals surface area contributed by atoms with Gasteiger partial charge in [0.1, 0.15) is 0 Å². The lowest BCUT2D eigenvalue weighted by atomic mass is 9.80. The highest BCUT2D eigenvalue weighted by atomic mass is 35.5. The maximum absolute atomic E-state index is 14.0. The SMILES string of the molecule is COc1c(F)cccc1[C@H](N1CCNCC1)C(C)(C)C.Cl.Cl. The molecule has 0 aromatic heterocycles. The Morgan fingerprint density at radius 3 is 2.27 bits per heavy atom. The van der Waals surface area contributed by atoms with Crippen LogP contribution >= 0.6 is 24.8 Å². The Kier molecular flexibility index (Phi) is 8.70. The number of hydrogen-bond donors (Lipinski definition) is 1. The molecule has 1 aromatic carbocycles. The molecule has 128 valence electrons. The molecular weight excluding hydrogens is 326 g/mol. The van der Waals surface area contributed by atoms with Crippen LogP contribution in [0.5, 0.6) is 5.75 Å². The summed E-state index contributed by atoms with van der Waals surface area (Å²) in [5, 5.41) is 3.37. The van der Waals surface area contributed by atoms with E-state index in [-0.39, 0.29) is 42.1 Å². The first-order valence-electron chi connectivity index (χ1n) is 7.22. The number of methoxy groups -OCH3 is 1. The van der Waals surface area contributed by atoms with E-state index in [1.54, 1.807) is 13.2 Å². The summed E-state index contributed by atoms with van der Waals surface area (Å²) in [5.41, 5.74) is 0.959. The molecule has 0 saturated carbocycles. The number of ether oxygens (including phenoxy) is 1. The number of para-hydroxylation sites is 1. The molecule has 0 bridgehead atoms. The van der Waals surface area contributed by atoms with Gasteiger partial charge in [-0.25, -0.2) is 4.39 Å². The normalized spacial score (nSPS) is 17.1. The van der Waals surface area contributed by atoms with E-state index in [0.29, 0.717) is 5.75 Å². The van der Waals surface area contributed by atoms with E-state index in [4.69, 9.17) is 4.74 Å². The quantitative estimate of drug-likeness (QED) is 0.897. The van der Waals surface area contributed by atoms with Crippen molar-refractivity contribution in [2.75, 3.05) is 33.3 Å². The van der Waals surface area contributed by atoms with Crippen LogP contribution in [0.25, 0.3) is 0 Å². The third-order valence-electron chi connectivity index (χ3n) is 3.83. The second-order valence-corrected chi connectivity index (χ2v) is 6.42. The minimum atomic E-state index is -0.283. The van der Waals surface area contributed by atoms with Gasteiger partial charge in [-0.3, -0.25) is 4.90 Å². The maximum atomic E-state index is 14.0. The second-order valence-electron chi connectivity index (χ2n) is 6.42. The lowest BCUT2D eigenvalue weighted by molar-refractivity contribution is 0.0837. The first kappa shape index (κ1) is 21.4. The van der Waals surface area contributed by atoms with Crippen molar-refractivity contribution < 1.29 is 9.13 Å². The lowest BCUT2D eigenvalue weighted by Gasteiger charge is -2.43. The van der Waals surface area contributed by atoms with Gasteiger partial charge in [0.25, 0.3) is 0 Å². The maximum Gasteiger partial charge on any atom is 0.165 e. The molecule has 1 saturated heterocycles. The van der Waals surface area contributed by atoms with E-state index in [1.807, 2.05) is 6.07 Å². The summed E-state index contributed by atoms with van der Waals surface area (Å²) in [4.78, 5) is 2.42. The average molecular weight is 353 g/mol. The van der Waals surface area contributed by atoms with Gasteiger partial charge in [-0.2, -0.15) is 0 Å². The fourth-order valence-electron chi connectivity index (χ4n) is 3.11. The van der Waals surface area contributed by atoms with E-state index in [9.17, 15) is 4.39 Å². The van der Waals surface area contributed by atoms with Crippen LogP contribution in [0, 0.1) is 11.2 Å². The number of nitrogens with one attached hydrogen (secondary N) is 1. The van der Waals surface area contributed by atoms with Gasteiger partial charge in [0.05, 0.1) is 7.11 Å². The van der Waals surface area contributed by atoms with Crippen LogP contribution in [0.2, 0.25) is 0 Å². The highest BCUT2D eigenvalue weighted by molar-refractivity contribution is 5.85. The minimum absolute atomic E-state index is 0. The van der Waals surface area contributed by atoms with Gasteiger partial charge in [0, 0.05) is 37.8 Å². The molecule has 1 heterocycles. The predicted octanol–water partition coefficient (Wildman–Crippen LogP) is 3.67. The Balaban J connectivity index is 0.00000220. The largest absolute Gasteiger partial charge is 0.493 e. The van der Waals surface area contributed by atoms with E-state index in [2.05, 4.69) is 31.0 Å². The van der Waals surface area contributed by atoms with Crippen molar-refractivity contribution in [1.82, 2.24) is 10.2 Å². The monoisotopic (exact) mass is 352 g/mol. The summed E-state index contributed by atoms with van der Waals surface area (Å²) in [6.07, 6.45) is 0. The van der Waals surface area contributed by atoms with Crippen molar-refractivity contribution in [1.29, 1.82) is 0 Å². The number of piperazine rings is 1. The molecule has 0 amide bonds. The van der Waals surface area contributed by atoms with Crippen molar-refractivity contribution >= 4 is 24.8 Å². The Labute approximate surface area is 145 Å². The summed E-state index contributed by atoms with van der Waals surface area (Å²) in [6.45, 7) is 10.5. The summed E-state index contributed by atoms with van der Waals surface area (Å²) >= 11 is 0. The van der Waals surface area contributed by atoms with E-state index >= 15 is 0 Å². The third kappa shape index (κ3) is 4.72. The van der Waals surface area contributed by atoms with Gasteiger partial charge in [0.2, 0.25) is 0 Å². The molecule has 0 spiro atoms. The number of rotatable bonds is 3. The predicted molar refractivity (Wildman–Crippen MR) is 94.1 cm³/mol. The van der Waals surface area contributed by atoms with Gasteiger partial charge < -0.3 is 10.1 Å². The standard InChI is InChI=1S/C16H25FN2O.2ClH/c1-16(2,3)15(19-10-8-18-9-11-19)12-6-5-7-13(17)14(12)20-4;;/h5-7,15,18H,8-11H2,1-4H3;2*1H/t15-;;/m0../s1. The molecule has 1 aromatic rings. The first-order chi connectivity index (χ1) is 9.45. The molecular formula is C16H27Cl2FN2O. The number of nitrogens with zero attached hydrogens (tertiary/aromatic N) is 1. The zero-order chi connectivity index (χ0) is 14.8. The van der Waals surface area contributed by atoms with Gasteiger partial charge in [-0.05, 0) is 11.5 Å². The average Bonchev–Trinajstić information content (AvgIpc) is 2.39. The van der Waals surface area contributed by atoms with Crippen molar-refractivity contribution in [3.05, 3.63) is 29.6 Å². The minimum Gasteiger partial charge on any atom is -0.493 e. The van der Waals surface area contributed by atoms with Gasteiger partial charge >= 0.3 is 0 Å². The van der Waals surface area contributed by atoms with Crippen LogP contribution in [0.1, 0.15) is 32.4 Å². The third-order valence-corrected chi connectivity index (χ3v) is 3.83. The van der Waals surface area contributed by atoms with E-state index in [1.165, 1.54) is 6.07 Å². The molecule has 0 aliphatic carbocycles. The topological polar surface area (TPSA) is 24.5 Å². The summed E-state index contributed by atoms with van der Waals surface area (Å²) in [5.74, 6) is 0.0975. The fraction of sp³-hybridized carbons (Fsp3) is 0.625. The van der Waals surface area contributed by atoms with Crippen LogP contribution in [0.4, 0.5) is 4.39 Å². The molecule has 1 N–H and O–H groups in total. The first-order valence-corrected chi connectivity index (χ1v) is 7.22. The molecule has 2 rings (SSSR count). The number of hydrogen-bond acceptors (Lipinski definition) is 3. The number of halogens is 3. The molecule has 22 heavy (non-hydrogen) atoms. The Morgan fingerprint density at radius 2 is 1.77 bits per heavy atom. The van der Waals surface area contributed by atoms with Gasteiger partial charge in [-0.1, -0.05) is 32.9 Å². The molecule has 1 aliphatic rings. The second kappa shape index (κ2) is 8.92. The Hall–Kier alpha value is -0.550. The summed E-state index contributed by atoms with van der Waals surface area (Å²) in [7, 11) is 1.54. The van der Waals surface area contributed by atoms with Crippen molar-refractivity contribution in [3.63, 3.8) is 0 Å². The highest BCUT2D eigenvalue weighted by Gasteiger charge is 2.35. The van der Waals surface area contributed by atoms with Crippen LogP contribution in [-0.2, 0) is 0 Å². The zero-order valence-corrected chi connectivity index (χ0v) is 15.3. The number of benzene rings is 1. The lowest BCUT2D eigenvalue weighted by Crippen LogP contribution is -2.48. The van der Waals surface area contributed by atoms with Crippen molar-refractivity contribution in [2.45, 2.75) is 26.8 Å². The van der Waals surface area contributed by atoms with Crippen LogP contribution in [0.3, 0.4) is 0 Å². The smallest absolute Gasteiger partial charge is 0.165 e. The molecule has 0 radical (unpaired) electrons. The Bertz CT molecular complexity index is 460. The molecule has 3 nitrogen and oxygen atoms in total. The van der Waals surface area contributed by atoms with Crippen molar-refractivity contribution in [3.8, 4) is 5.75 Å². The fourth-order valence-corrected chi connectivity index (χ4v) is 3.11. The van der Waals surface area contributed by atoms with Crippen LogP contribution < -0.4 is 10.1 Å². The molecule has 1 fully saturated rings.